The van der Waals surface area contributed by atoms with E-state index in [2.05, 4.69) is 49.3 Å². The summed E-state index contributed by atoms with van der Waals surface area (Å²) in [5, 5.41) is 3.39. The minimum absolute atomic E-state index is 0.264. The lowest BCUT2D eigenvalue weighted by Gasteiger charge is -2.20. The van der Waals surface area contributed by atoms with E-state index in [0.717, 1.165) is 31.1 Å². The van der Waals surface area contributed by atoms with Gasteiger partial charge in [-0.05, 0) is 24.8 Å². The number of amidine groups is 2. The van der Waals surface area contributed by atoms with Crippen LogP contribution in [0.3, 0.4) is 0 Å². The average molecular weight is 231 g/mol. The smallest absolute Gasteiger partial charge is 0.130 e. The lowest BCUT2D eigenvalue weighted by Crippen LogP contribution is -2.33. The van der Waals surface area contributed by atoms with Crippen molar-refractivity contribution in [3.05, 3.63) is 23.8 Å². The molecule has 92 valence electrons. The standard InChI is InChI=1S/C14H21N3/c1-4-13-15-9-11(3)16-14(17-13)12-8-6-5-7-10(12)2/h5-6,8,10-11H,4,7,9H2,1-3H3,(H,15,16,17). The van der Waals surface area contributed by atoms with Crippen LogP contribution in [-0.2, 0) is 0 Å². The fraction of sp³-hybridized carbons (Fsp3) is 0.571. The molecule has 0 saturated heterocycles. The van der Waals surface area contributed by atoms with Crippen LogP contribution in [-0.4, -0.2) is 24.3 Å². The van der Waals surface area contributed by atoms with Gasteiger partial charge < -0.3 is 5.32 Å². The highest BCUT2D eigenvalue weighted by Crippen LogP contribution is 2.21. The van der Waals surface area contributed by atoms with Crippen molar-refractivity contribution in [1.82, 2.24) is 5.32 Å². The largest absolute Gasteiger partial charge is 0.329 e. The van der Waals surface area contributed by atoms with Gasteiger partial charge in [0, 0.05) is 6.42 Å². The molecule has 2 aliphatic rings. The van der Waals surface area contributed by atoms with Gasteiger partial charge in [-0.2, -0.15) is 0 Å². The number of allylic oxidation sites excluding steroid dienone is 3. The zero-order valence-corrected chi connectivity index (χ0v) is 10.9. The van der Waals surface area contributed by atoms with Crippen LogP contribution in [0.25, 0.3) is 0 Å². The zero-order chi connectivity index (χ0) is 12.3. The first-order valence-corrected chi connectivity index (χ1v) is 6.46. The van der Waals surface area contributed by atoms with Crippen molar-refractivity contribution in [1.29, 1.82) is 0 Å². The molecule has 0 amide bonds. The Morgan fingerprint density at radius 1 is 1.41 bits per heavy atom. The maximum atomic E-state index is 4.74. The number of rotatable bonds is 2. The van der Waals surface area contributed by atoms with Crippen LogP contribution in [0.2, 0.25) is 0 Å². The van der Waals surface area contributed by atoms with Gasteiger partial charge >= 0.3 is 0 Å². The first-order chi connectivity index (χ1) is 8.20. The zero-order valence-electron chi connectivity index (χ0n) is 10.9. The number of hydrogen-bond acceptors (Lipinski definition) is 3. The van der Waals surface area contributed by atoms with Crippen molar-refractivity contribution in [2.24, 2.45) is 15.9 Å². The average Bonchev–Trinajstić information content (AvgIpc) is 2.51. The molecule has 3 nitrogen and oxygen atoms in total. The summed E-state index contributed by atoms with van der Waals surface area (Å²) in [5.41, 5.74) is 1.31. The highest BCUT2D eigenvalue weighted by Gasteiger charge is 2.19. The van der Waals surface area contributed by atoms with Gasteiger partial charge in [-0.1, -0.05) is 32.1 Å². The van der Waals surface area contributed by atoms with Crippen LogP contribution in [0.5, 0.6) is 0 Å². The Morgan fingerprint density at radius 3 is 2.94 bits per heavy atom. The molecule has 1 N–H and O–H groups in total. The Kier molecular flexibility index (Phi) is 3.77. The maximum Gasteiger partial charge on any atom is 0.130 e. The molecular formula is C14H21N3. The second-order valence-corrected chi connectivity index (χ2v) is 4.78. The highest BCUT2D eigenvalue weighted by molar-refractivity contribution is 6.10. The van der Waals surface area contributed by atoms with E-state index in [0.29, 0.717) is 5.92 Å². The van der Waals surface area contributed by atoms with Crippen LogP contribution in [0, 0.1) is 5.92 Å². The van der Waals surface area contributed by atoms with Crippen LogP contribution in [0.1, 0.15) is 33.6 Å². The Balaban J connectivity index is 2.27. The van der Waals surface area contributed by atoms with E-state index in [1.807, 2.05) is 0 Å². The molecule has 1 aliphatic heterocycles. The quantitative estimate of drug-likeness (QED) is 0.779. The predicted octanol–water partition coefficient (Wildman–Crippen LogP) is 2.71. The van der Waals surface area contributed by atoms with E-state index in [9.17, 15) is 0 Å². The molecule has 0 radical (unpaired) electrons. The van der Waals surface area contributed by atoms with Crippen molar-refractivity contribution >= 4 is 11.7 Å². The summed E-state index contributed by atoms with van der Waals surface area (Å²) in [6.45, 7) is 7.28. The molecule has 3 heteroatoms. The van der Waals surface area contributed by atoms with Gasteiger partial charge in [0.1, 0.15) is 11.7 Å². The molecule has 1 aliphatic carbocycles. The summed E-state index contributed by atoms with van der Waals surface area (Å²) in [4.78, 5) is 9.28. The van der Waals surface area contributed by atoms with Crippen molar-refractivity contribution < 1.29 is 0 Å². The van der Waals surface area contributed by atoms with E-state index >= 15 is 0 Å². The van der Waals surface area contributed by atoms with Gasteiger partial charge in [0.05, 0.1) is 12.6 Å². The summed E-state index contributed by atoms with van der Waals surface area (Å²) in [6, 6.07) is 0.264. The van der Waals surface area contributed by atoms with Crippen molar-refractivity contribution in [2.75, 3.05) is 6.54 Å². The van der Waals surface area contributed by atoms with E-state index < -0.39 is 0 Å². The second kappa shape index (κ2) is 5.30. The second-order valence-electron chi connectivity index (χ2n) is 4.78. The number of nitrogens with one attached hydrogen (secondary N) is 1. The van der Waals surface area contributed by atoms with E-state index in [1.54, 1.807) is 0 Å². The highest BCUT2D eigenvalue weighted by atomic mass is 15.1. The lowest BCUT2D eigenvalue weighted by atomic mass is 9.92. The summed E-state index contributed by atoms with van der Waals surface area (Å²) >= 11 is 0. The number of nitrogens with zero attached hydrogens (tertiary/aromatic N) is 2. The molecule has 0 aromatic rings. The van der Waals surface area contributed by atoms with Crippen LogP contribution >= 0.6 is 0 Å². The van der Waals surface area contributed by atoms with Gasteiger partial charge in [-0.15, -0.1) is 0 Å². The van der Waals surface area contributed by atoms with Crippen LogP contribution in [0.4, 0.5) is 0 Å². The summed E-state index contributed by atoms with van der Waals surface area (Å²) in [5.74, 6) is 2.61. The Labute approximate surface area is 103 Å². The third-order valence-electron chi connectivity index (χ3n) is 3.20. The van der Waals surface area contributed by atoms with Crippen molar-refractivity contribution in [2.45, 2.75) is 39.7 Å². The normalized spacial score (nSPS) is 28.8. The molecule has 1 heterocycles. The van der Waals surface area contributed by atoms with Crippen LogP contribution in [0.15, 0.2) is 33.8 Å². The van der Waals surface area contributed by atoms with Crippen LogP contribution < -0.4 is 5.32 Å². The van der Waals surface area contributed by atoms with E-state index in [-0.39, 0.29) is 6.04 Å². The molecule has 2 unspecified atom stereocenters. The van der Waals surface area contributed by atoms with Gasteiger partial charge in [0.2, 0.25) is 0 Å². The van der Waals surface area contributed by atoms with Gasteiger partial charge in [0.15, 0.2) is 0 Å². The van der Waals surface area contributed by atoms with Gasteiger partial charge in [0.25, 0.3) is 0 Å². The van der Waals surface area contributed by atoms with Gasteiger partial charge in [-0.25, -0.2) is 0 Å². The summed E-state index contributed by atoms with van der Waals surface area (Å²) in [6.07, 6.45) is 8.54. The molecule has 0 aromatic carbocycles. The third kappa shape index (κ3) is 2.84. The fourth-order valence-corrected chi connectivity index (χ4v) is 2.12. The molecule has 0 fully saturated rings. The molecule has 2 rings (SSSR count). The third-order valence-corrected chi connectivity index (χ3v) is 3.20. The monoisotopic (exact) mass is 231 g/mol. The number of hydrogen-bond donors (Lipinski definition) is 1. The molecular weight excluding hydrogens is 210 g/mol. The van der Waals surface area contributed by atoms with E-state index in [1.165, 1.54) is 5.57 Å². The Hall–Kier alpha value is -1.38. The topological polar surface area (TPSA) is 36.8 Å². The predicted molar refractivity (Wildman–Crippen MR) is 73.6 cm³/mol. The minimum atomic E-state index is 0.264. The Bertz CT molecular complexity index is 402. The minimum Gasteiger partial charge on any atom is -0.329 e. The molecule has 0 spiro atoms. The molecule has 0 saturated carbocycles. The molecule has 2 atom stereocenters. The van der Waals surface area contributed by atoms with E-state index in [4.69, 9.17) is 4.99 Å². The maximum absolute atomic E-state index is 4.74. The van der Waals surface area contributed by atoms with Gasteiger partial charge in [-0.3, -0.25) is 9.98 Å². The fourth-order valence-electron chi connectivity index (χ4n) is 2.12. The first-order valence-electron chi connectivity index (χ1n) is 6.46. The lowest BCUT2D eigenvalue weighted by molar-refractivity contribution is 0.703. The Morgan fingerprint density at radius 2 is 2.24 bits per heavy atom. The first kappa shape index (κ1) is 12.1. The summed E-state index contributed by atoms with van der Waals surface area (Å²) in [7, 11) is 0. The molecule has 17 heavy (non-hydrogen) atoms. The van der Waals surface area contributed by atoms with Crippen molar-refractivity contribution in [3.8, 4) is 0 Å². The molecule has 0 bridgehead atoms. The number of aliphatic imine (C=N–C) groups is 2. The summed E-state index contributed by atoms with van der Waals surface area (Å²) < 4.78 is 0. The van der Waals surface area contributed by atoms with Crippen molar-refractivity contribution in [3.63, 3.8) is 0 Å². The molecule has 0 aromatic heterocycles. The SMILES string of the molecule is CCC1=NCC(C)N=C(C2=CC=CCC2C)N1.